The highest BCUT2D eigenvalue weighted by atomic mass is 16.1. The number of amides is 1. The molecule has 0 bridgehead atoms. The molecule has 4 nitrogen and oxygen atoms in total. The third kappa shape index (κ3) is 4.23. The van der Waals surface area contributed by atoms with Crippen LogP contribution in [0.15, 0.2) is 79.0 Å². The van der Waals surface area contributed by atoms with Crippen LogP contribution in [0.4, 0.5) is 11.4 Å². The minimum atomic E-state index is -0.168. The minimum absolute atomic E-state index is 0.168. The van der Waals surface area contributed by atoms with Gasteiger partial charge in [-0.2, -0.15) is 0 Å². The summed E-state index contributed by atoms with van der Waals surface area (Å²) < 4.78 is 0. The van der Waals surface area contributed by atoms with Gasteiger partial charge < -0.3 is 10.2 Å². The number of aromatic nitrogens is 1. The van der Waals surface area contributed by atoms with E-state index in [4.69, 9.17) is 0 Å². The largest absolute Gasteiger partial charge is 0.347 e. The van der Waals surface area contributed by atoms with Crippen LogP contribution in [0, 0.1) is 0 Å². The number of carbonyl (C=O) groups excluding carboxylic acids is 1. The number of anilines is 2. The molecule has 2 aromatic carbocycles. The predicted octanol–water partition coefficient (Wildman–Crippen LogP) is 4.17. The summed E-state index contributed by atoms with van der Waals surface area (Å²) in [6.07, 6.45) is 1.74. The molecule has 0 unspecified atom stereocenters. The average Bonchev–Trinajstić information content (AvgIpc) is 2.69. The van der Waals surface area contributed by atoms with Gasteiger partial charge in [0.05, 0.1) is 11.9 Å². The summed E-state index contributed by atoms with van der Waals surface area (Å²) in [7, 11) is 0. The van der Waals surface area contributed by atoms with Gasteiger partial charge in [-0.1, -0.05) is 48.5 Å². The Balaban J connectivity index is 1.68. The molecule has 4 heteroatoms. The molecule has 1 amide bonds. The van der Waals surface area contributed by atoms with Gasteiger partial charge in [0.15, 0.2) is 0 Å². The molecule has 0 fully saturated rings. The fourth-order valence-corrected chi connectivity index (χ4v) is 2.67. The number of nitrogens with one attached hydrogen (secondary N) is 1. The normalized spacial score (nSPS) is 10.3. The zero-order valence-electron chi connectivity index (χ0n) is 14.2. The first-order chi connectivity index (χ1) is 12.3. The highest BCUT2D eigenvalue weighted by Crippen LogP contribution is 2.23. The lowest BCUT2D eigenvalue weighted by Crippen LogP contribution is -2.24. The number of para-hydroxylation sites is 1. The number of hydrogen-bond donors (Lipinski definition) is 1. The van der Waals surface area contributed by atoms with Crippen LogP contribution in [0.25, 0.3) is 0 Å². The molecule has 1 N–H and O–H groups in total. The molecule has 3 rings (SSSR count). The van der Waals surface area contributed by atoms with Crippen molar-refractivity contribution in [3.8, 4) is 0 Å². The van der Waals surface area contributed by atoms with Crippen LogP contribution in [0.5, 0.6) is 0 Å². The molecule has 0 saturated heterocycles. The Kier molecular flexibility index (Phi) is 5.42. The van der Waals surface area contributed by atoms with Crippen LogP contribution in [0.3, 0.4) is 0 Å². The van der Waals surface area contributed by atoms with Crippen LogP contribution >= 0.6 is 0 Å². The molecule has 0 aliphatic carbocycles. The monoisotopic (exact) mass is 331 g/mol. The minimum Gasteiger partial charge on any atom is -0.347 e. The standard InChI is InChI=1S/C21H21N3O/c1-2-24(18-11-7-4-8-12-18)19-13-14-20(22-16-19)21(25)23-15-17-9-5-3-6-10-17/h3-14,16H,2,15H2,1H3,(H,23,25). The highest BCUT2D eigenvalue weighted by molar-refractivity contribution is 5.92. The van der Waals surface area contributed by atoms with Crippen LogP contribution < -0.4 is 10.2 Å². The zero-order chi connectivity index (χ0) is 17.5. The van der Waals surface area contributed by atoms with Crippen molar-refractivity contribution < 1.29 is 4.79 Å². The first-order valence-corrected chi connectivity index (χ1v) is 8.38. The Morgan fingerprint density at radius 1 is 0.920 bits per heavy atom. The van der Waals surface area contributed by atoms with E-state index >= 15 is 0 Å². The molecule has 0 aliphatic heterocycles. The van der Waals surface area contributed by atoms with Gasteiger partial charge in [-0.05, 0) is 36.8 Å². The van der Waals surface area contributed by atoms with Gasteiger partial charge in [0.1, 0.15) is 5.69 Å². The van der Waals surface area contributed by atoms with Crippen molar-refractivity contribution in [2.45, 2.75) is 13.5 Å². The lowest BCUT2D eigenvalue weighted by Gasteiger charge is -2.22. The van der Waals surface area contributed by atoms with Crippen LogP contribution in [0.1, 0.15) is 23.0 Å². The summed E-state index contributed by atoms with van der Waals surface area (Å²) in [5, 5.41) is 2.89. The SMILES string of the molecule is CCN(c1ccccc1)c1ccc(C(=O)NCc2ccccc2)nc1. The van der Waals surface area contributed by atoms with Gasteiger partial charge in [-0.25, -0.2) is 4.98 Å². The van der Waals surface area contributed by atoms with Crippen molar-refractivity contribution in [1.29, 1.82) is 0 Å². The van der Waals surface area contributed by atoms with Gasteiger partial charge in [-0.15, -0.1) is 0 Å². The quantitative estimate of drug-likeness (QED) is 0.737. The van der Waals surface area contributed by atoms with Crippen LogP contribution in [0.2, 0.25) is 0 Å². The molecule has 126 valence electrons. The van der Waals surface area contributed by atoms with Gasteiger partial charge >= 0.3 is 0 Å². The number of benzene rings is 2. The first kappa shape index (κ1) is 16.7. The lowest BCUT2D eigenvalue weighted by molar-refractivity contribution is 0.0946. The van der Waals surface area contributed by atoms with E-state index in [9.17, 15) is 4.79 Å². The van der Waals surface area contributed by atoms with Crippen molar-refractivity contribution in [1.82, 2.24) is 10.3 Å². The zero-order valence-corrected chi connectivity index (χ0v) is 14.2. The molecular formula is C21H21N3O. The second-order valence-corrected chi connectivity index (χ2v) is 5.65. The number of carbonyl (C=O) groups is 1. The van der Waals surface area contributed by atoms with E-state index in [0.717, 1.165) is 23.5 Å². The smallest absolute Gasteiger partial charge is 0.270 e. The summed E-state index contributed by atoms with van der Waals surface area (Å²) in [6.45, 7) is 3.41. The maximum Gasteiger partial charge on any atom is 0.270 e. The molecule has 25 heavy (non-hydrogen) atoms. The highest BCUT2D eigenvalue weighted by Gasteiger charge is 2.10. The van der Waals surface area contributed by atoms with Gasteiger partial charge in [0.2, 0.25) is 0 Å². The molecule has 1 heterocycles. The molecule has 0 saturated carbocycles. The lowest BCUT2D eigenvalue weighted by atomic mass is 10.2. The van der Waals surface area contributed by atoms with Crippen molar-refractivity contribution in [3.05, 3.63) is 90.3 Å². The topological polar surface area (TPSA) is 45.2 Å². The number of pyridine rings is 1. The van der Waals surface area contributed by atoms with Crippen LogP contribution in [-0.2, 0) is 6.54 Å². The van der Waals surface area contributed by atoms with E-state index < -0.39 is 0 Å². The van der Waals surface area contributed by atoms with Gasteiger partial charge in [-0.3, -0.25) is 4.79 Å². The van der Waals surface area contributed by atoms with Crippen molar-refractivity contribution in [2.75, 3.05) is 11.4 Å². The van der Waals surface area contributed by atoms with E-state index in [2.05, 4.69) is 34.3 Å². The third-order valence-corrected chi connectivity index (χ3v) is 3.97. The fraction of sp³-hybridized carbons (Fsp3) is 0.143. The van der Waals surface area contributed by atoms with E-state index in [-0.39, 0.29) is 5.91 Å². The van der Waals surface area contributed by atoms with Gasteiger partial charge in [0, 0.05) is 18.8 Å². The fourth-order valence-electron chi connectivity index (χ4n) is 2.67. The Morgan fingerprint density at radius 2 is 1.60 bits per heavy atom. The van der Waals surface area contributed by atoms with Crippen molar-refractivity contribution in [2.24, 2.45) is 0 Å². The van der Waals surface area contributed by atoms with E-state index in [1.54, 1.807) is 12.3 Å². The summed E-state index contributed by atoms with van der Waals surface area (Å²) in [5.74, 6) is -0.168. The number of hydrogen-bond acceptors (Lipinski definition) is 3. The Hall–Kier alpha value is -3.14. The molecule has 0 radical (unpaired) electrons. The van der Waals surface area contributed by atoms with Gasteiger partial charge in [0.25, 0.3) is 5.91 Å². The maximum atomic E-state index is 12.3. The van der Waals surface area contributed by atoms with Crippen LogP contribution in [-0.4, -0.2) is 17.4 Å². The molecule has 3 aromatic rings. The summed E-state index contributed by atoms with van der Waals surface area (Å²) in [5.41, 5.74) is 3.55. The van der Waals surface area contributed by atoms with E-state index in [1.165, 1.54) is 0 Å². The second-order valence-electron chi connectivity index (χ2n) is 5.65. The summed E-state index contributed by atoms with van der Waals surface area (Å²) in [6, 6.07) is 23.7. The Labute approximate surface area is 148 Å². The third-order valence-electron chi connectivity index (χ3n) is 3.97. The molecule has 0 spiro atoms. The Morgan fingerprint density at radius 3 is 2.20 bits per heavy atom. The van der Waals surface area contributed by atoms with Crippen molar-refractivity contribution in [3.63, 3.8) is 0 Å². The number of nitrogens with zero attached hydrogens (tertiary/aromatic N) is 2. The molecule has 0 aliphatic rings. The molecular weight excluding hydrogens is 310 g/mol. The predicted molar refractivity (Wildman–Crippen MR) is 101 cm³/mol. The molecule has 0 atom stereocenters. The summed E-state index contributed by atoms with van der Waals surface area (Å²) >= 11 is 0. The summed E-state index contributed by atoms with van der Waals surface area (Å²) in [4.78, 5) is 18.7. The average molecular weight is 331 g/mol. The molecule has 1 aromatic heterocycles. The number of rotatable bonds is 6. The van der Waals surface area contributed by atoms with E-state index in [1.807, 2.05) is 54.6 Å². The van der Waals surface area contributed by atoms with Crippen molar-refractivity contribution >= 4 is 17.3 Å². The maximum absolute atomic E-state index is 12.3. The first-order valence-electron chi connectivity index (χ1n) is 8.38. The Bertz CT molecular complexity index is 802. The second kappa shape index (κ2) is 8.11. The van der Waals surface area contributed by atoms with E-state index in [0.29, 0.717) is 12.2 Å².